The van der Waals surface area contributed by atoms with Crippen molar-refractivity contribution in [2.24, 2.45) is 7.05 Å². The molecule has 0 aliphatic rings. The predicted octanol–water partition coefficient (Wildman–Crippen LogP) is 1.08. The normalized spacial score (nSPS) is 9.43. The minimum atomic E-state index is 0.822. The van der Waals surface area contributed by atoms with Crippen LogP contribution >= 0.6 is 0 Å². The predicted molar refractivity (Wildman–Crippen MR) is 28.8 cm³/mol. The van der Waals surface area contributed by atoms with Crippen molar-refractivity contribution in [3.8, 4) is 0 Å². The Bertz CT molecular complexity index is 136. The molecule has 0 fully saturated rings. The summed E-state index contributed by atoms with van der Waals surface area (Å²) in [5.41, 5.74) is 0.822. The average Bonchev–Trinajstić information content (AvgIpc) is 1.87. The molecule has 0 atom stereocenters. The lowest BCUT2D eigenvalue weighted by Crippen LogP contribution is -1.76. The Morgan fingerprint density at radius 3 is 2.57 bits per heavy atom. The van der Waals surface area contributed by atoms with Crippen LogP contribution in [0.25, 0.3) is 0 Å². The van der Waals surface area contributed by atoms with E-state index >= 15 is 0 Å². The molecule has 0 aromatic carbocycles. The zero-order valence-corrected chi connectivity index (χ0v) is 4.26. The maximum atomic E-state index is 5.36. The van der Waals surface area contributed by atoms with E-state index in [4.69, 9.17) is 6.92 Å². The summed E-state index contributed by atoms with van der Waals surface area (Å²) >= 11 is 0. The summed E-state index contributed by atoms with van der Waals surface area (Å²) in [7, 11) is 1.94. The van der Waals surface area contributed by atoms with E-state index in [0.29, 0.717) is 0 Å². The van der Waals surface area contributed by atoms with Gasteiger partial charge in [0.15, 0.2) is 0 Å². The fraction of sp³-hybridized carbons (Fsp3) is 0.167. The number of rotatable bonds is 0. The summed E-state index contributed by atoms with van der Waals surface area (Å²) in [5, 5.41) is 0. The molecule has 1 aromatic heterocycles. The monoisotopic (exact) mass is 93.1 g/mol. The summed E-state index contributed by atoms with van der Waals surface area (Å²) < 4.78 is 1.91. The molecule has 1 heterocycles. The second-order valence-corrected chi connectivity index (χ2v) is 1.61. The fourth-order valence-corrected chi connectivity index (χ4v) is 0.525. The molecule has 0 aliphatic heterocycles. The van der Waals surface area contributed by atoms with Crippen LogP contribution in [-0.2, 0) is 7.05 Å². The van der Waals surface area contributed by atoms with Gasteiger partial charge in [-0.25, -0.2) is 0 Å². The molecule has 1 nitrogen and oxygen atoms in total. The van der Waals surface area contributed by atoms with E-state index in [1.165, 1.54) is 0 Å². The van der Waals surface area contributed by atoms with Crippen LogP contribution in [0.4, 0.5) is 0 Å². The van der Waals surface area contributed by atoms with Crippen LogP contribution < -0.4 is 0 Å². The molecule has 0 saturated carbocycles. The van der Waals surface area contributed by atoms with Crippen LogP contribution in [0.1, 0.15) is 5.56 Å². The summed E-state index contributed by atoms with van der Waals surface area (Å²) in [4.78, 5) is 0. The molecular weight excluding hydrogens is 86.1 g/mol. The molecule has 7 heavy (non-hydrogen) atoms. The third-order valence-corrected chi connectivity index (χ3v) is 0.855. The lowest BCUT2D eigenvalue weighted by Gasteiger charge is -1.80. The van der Waals surface area contributed by atoms with E-state index in [1.807, 2.05) is 30.1 Å². The van der Waals surface area contributed by atoms with Gasteiger partial charge in [0.25, 0.3) is 0 Å². The van der Waals surface area contributed by atoms with Gasteiger partial charge in [-0.3, -0.25) is 0 Å². The van der Waals surface area contributed by atoms with Crippen molar-refractivity contribution in [3.63, 3.8) is 0 Å². The Labute approximate surface area is 43.6 Å². The molecule has 2 radical (unpaired) electrons. The summed E-state index contributed by atoms with van der Waals surface area (Å²) in [6, 6.07) is 1.86. The van der Waals surface area contributed by atoms with Crippen LogP contribution in [-0.4, -0.2) is 4.57 Å². The Kier molecular flexibility index (Phi) is 0.895. The van der Waals surface area contributed by atoms with Gasteiger partial charge in [-0.2, -0.15) is 0 Å². The molecule has 0 spiro atoms. The second kappa shape index (κ2) is 1.41. The molecule has 1 rings (SSSR count). The highest BCUT2D eigenvalue weighted by Crippen LogP contribution is 1.93. The van der Waals surface area contributed by atoms with Crippen LogP contribution in [0, 0.1) is 6.92 Å². The van der Waals surface area contributed by atoms with Crippen molar-refractivity contribution in [1.29, 1.82) is 0 Å². The van der Waals surface area contributed by atoms with Crippen LogP contribution in [0.15, 0.2) is 18.5 Å². The van der Waals surface area contributed by atoms with Crippen LogP contribution in [0.2, 0.25) is 0 Å². The average molecular weight is 93.1 g/mol. The van der Waals surface area contributed by atoms with E-state index in [0.717, 1.165) is 5.56 Å². The summed E-state index contributed by atoms with van der Waals surface area (Å²) in [5.74, 6) is 0. The van der Waals surface area contributed by atoms with Gasteiger partial charge in [0, 0.05) is 26.4 Å². The van der Waals surface area contributed by atoms with Crippen molar-refractivity contribution in [2.45, 2.75) is 0 Å². The lowest BCUT2D eigenvalue weighted by atomic mass is 10.4. The standard InChI is InChI=1S/C6H7N/c1-6-3-4-7(2)5-6/h1,3-5H,2H3. The van der Waals surface area contributed by atoms with Gasteiger partial charge < -0.3 is 4.57 Å². The van der Waals surface area contributed by atoms with Crippen molar-refractivity contribution in [2.75, 3.05) is 0 Å². The largest absolute Gasteiger partial charge is 0.357 e. The number of hydrogen-bond acceptors (Lipinski definition) is 0. The molecular formula is C6H7N. The van der Waals surface area contributed by atoms with E-state index in [1.54, 1.807) is 0 Å². The van der Waals surface area contributed by atoms with Crippen LogP contribution in [0.5, 0.6) is 0 Å². The molecule has 0 bridgehead atoms. The minimum Gasteiger partial charge on any atom is -0.357 e. The molecule has 1 aromatic rings. The third kappa shape index (κ3) is 0.829. The lowest BCUT2D eigenvalue weighted by molar-refractivity contribution is 0.926. The topological polar surface area (TPSA) is 4.93 Å². The highest BCUT2D eigenvalue weighted by Gasteiger charge is 1.80. The van der Waals surface area contributed by atoms with E-state index in [2.05, 4.69) is 0 Å². The van der Waals surface area contributed by atoms with Gasteiger partial charge in [0.05, 0.1) is 0 Å². The summed E-state index contributed by atoms with van der Waals surface area (Å²) in [6.45, 7) is 5.36. The minimum absolute atomic E-state index is 0.822. The maximum Gasteiger partial charge on any atom is 0.0106 e. The fourth-order valence-electron chi connectivity index (χ4n) is 0.525. The molecule has 36 valence electrons. The van der Waals surface area contributed by atoms with Gasteiger partial charge in [0.1, 0.15) is 0 Å². The van der Waals surface area contributed by atoms with Gasteiger partial charge >= 0.3 is 0 Å². The first kappa shape index (κ1) is 4.44. The molecule has 0 aliphatic carbocycles. The number of aryl methyl sites for hydroxylation is 1. The molecule has 0 unspecified atom stereocenters. The second-order valence-electron chi connectivity index (χ2n) is 1.61. The smallest absolute Gasteiger partial charge is 0.0106 e. The number of aromatic nitrogens is 1. The van der Waals surface area contributed by atoms with Gasteiger partial charge in [0.2, 0.25) is 0 Å². The van der Waals surface area contributed by atoms with E-state index < -0.39 is 0 Å². The van der Waals surface area contributed by atoms with Gasteiger partial charge in [-0.1, -0.05) is 0 Å². The van der Waals surface area contributed by atoms with Crippen molar-refractivity contribution < 1.29 is 0 Å². The van der Waals surface area contributed by atoms with Crippen LogP contribution in [0.3, 0.4) is 0 Å². The zero-order chi connectivity index (χ0) is 5.28. The number of nitrogens with zero attached hydrogens (tertiary/aromatic N) is 1. The quantitative estimate of drug-likeness (QED) is 0.452. The highest BCUT2D eigenvalue weighted by atomic mass is 14.9. The van der Waals surface area contributed by atoms with E-state index in [9.17, 15) is 0 Å². The molecule has 0 amide bonds. The SMILES string of the molecule is [CH]c1ccn(C)c1. The Hall–Kier alpha value is -0.720. The zero-order valence-electron chi connectivity index (χ0n) is 4.26. The Morgan fingerprint density at radius 1 is 1.71 bits per heavy atom. The first-order valence-electron chi connectivity index (χ1n) is 2.16. The Balaban J connectivity index is 3.04. The highest BCUT2D eigenvalue weighted by molar-refractivity contribution is 5.12. The molecule has 0 saturated heterocycles. The Morgan fingerprint density at radius 2 is 2.43 bits per heavy atom. The third-order valence-electron chi connectivity index (χ3n) is 0.855. The van der Waals surface area contributed by atoms with E-state index in [-0.39, 0.29) is 0 Å². The van der Waals surface area contributed by atoms with Crippen molar-refractivity contribution in [3.05, 3.63) is 30.9 Å². The first-order chi connectivity index (χ1) is 3.29. The van der Waals surface area contributed by atoms with Crippen molar-refractivity contribution in [1.82, 2.24) is 4.57 Å². The summed E-state index contributed by atoms with van der Waals surface area (Å²) in [6.07, 6.45) is 3.77. The van der Waals surface area contributed by atoms with Gasteiger partial charge in [-0.05, 0) is 11.6 Å². The first-order valence-corrected chi connectivity index (χ1v) is 2.16. The molecule has 0 N–H and O–H groups in total. The number of hydrogen-bond donors (Lipinski definition) is 0. The van der Waals surface area contributed by atoms with Crippen molar-refractivity contribution >= 4 is 0 Å². The maximum absolute atomic E-state index is 5.36. The molecule has 1 heteroatoms. The van der Waals surface area contributed by atoms with Gasteiger partial charge in [-0.15, -0.1) is 0 Å².